The van der Waals surface area contributed by atoms with Crippen LogP contribution in [0.2, 0.25) is 0 Å². The number of rotatable bonds is 14. The third-order valence-corrected chi connectivity index (χ3v) is 5.86. The number of aliphatic carboxylic acids is 2. The molecule has 0 aliphatic carbocycles. The van der Waals surface area contributed by atoms with Crippen molar-refractivity contribution >= 4 is 11.9 Å². The Morgan fingerprint density at radius 3 is 1.45 bits per heavy atom. The van der Waals surface area contributed by atoms with E-state index >= 15 is 0 Å². The Balaban J connectivity index is 2.39. The van der Waals surface area contributed by atoms with Crippen LogP contribution in [0.4, 0.5) is 0 Å². The highest BCUT2D eigenvalue weighted by atomic mass is 16.4. The van der Waals surface area contributed by atoms with E-state index < -0.39 is 22.8 Å². The molecule has 0 aliphatic rings. The van der Waals surface area contributed by atoms with Gasteiger partial charge in [-0.15, -0.1) is 0 Å². The van der Waals surface area contributed by atoms with Gasteiger partial charge < -0.3 is 15.3 Å². The number of aryl methyl sites for hydroxylation is 2. The van der Waals surface area contributed by atoms with Crippen LogP contribution < -0.4 is 0 Å². The summed E-state index contributed by atoms with van der Waals surface area (Å²) in [5.41, 5.74) is 0.544. The fourth-order valence-corrected chi connectivity index (χ4v) is 3.38. The number of hydrogen-bond acceptors (Lipinski definition) is 3. The molecule has 29 heavy (non-hydrogen) atoms. The van der Waals surface area contributed by atoms with Gasteiger partial charge in [0.05, 0.1) is 10.8 Å². The van der Waals surface area contributed by atoms with Gasteiger partial charge in [0.25, 0.3) is 0 Å². The van der Waals surface area contributed by atoms with Gasteiger partial charge in [-0.2, -0.15) is 0 Å². The van der Waals surface area contributed by atoms with Crippen LogP contribution in [0.25, 0.3) is 0 Å². The smallest absolute Gasteiger partial charge is 0.309 e. The number of carboxylic acids is 2. The van der Waals surface area contributed by atoms with Gasteiger partial charge in [-0.05, 0) is 77.3 Å². The predicted octanol–water partition coefficient (Wildman–Crippen LogP) is 5.82. The Kier molecular flexibility index (Phi) is 9.67. The fourth-order valence-electron chi connectivity index (χ4n) is 3.38. The Morgan fingerprint density at radius 1 is 0.724 bits per heavy atom. The number of hydrogen-bond donors (Lipinski definition) is 3. The molecule has 0 saturated carbocycles. The molecular formula is C24H38O5. The number of unbranched alkanes of at least 4 members (excludes halogenated alkanes) is 4. The zero-order chi connectivity index (χ0) is 22.1. The molecule has 0 amide bonds. The van der Waals surface area contributed by atoms with Crippen molar-refractivity contribution in [1.82, 2.24) is 0 Å². The predicted molar refractivity (Wildman–Crippen MR) is 115 cm³/mol. The van der Waals surface area contributed by atoms with Crippen molar-refractivity contribution in [2.75, 3.05) is 0 Å². The Bertz CT molecular complexity index is 622. The summed E-state index contributed by atoms with van der Waals surface area (Å²) in [7, 11) is 0. The first-order valence-corrected chi connectivity index (χ1v) is 10.7. The molecule has 5 nitrogen and oxygen atoms in total. The second kappa shape index (κ2) is 11.2. The third-order valence-electron chi connectivity index (χ3n) is 5.86. The van der Waals surface area contributed by atoms with E-state index in [9.17, 15) is 14.7 Å². The highest BCUT2D eigenvalue weighted by molar-refractivity contribution is 5.73. The average Bonchev–Trinajstić information content (AvgIpc) is 2.63. The second-order valence-electron chi connectivity index (χ2n) is 9.42. The summed E-state index contributed by atoms with van der Waals surface area (Å²) in [5.74, 6) is -1.13. The highest BCUT2D eigenvalue weighted by Gasteiger charge is 2.26. The molecule has 0 saturated heterocycles. The summed E-state index contributed by atoms with van der Waals surface area (Å²) in [5, 5.41) is 28.9. The number of phenols is 1. The molecule has 0 fully saturated rings. The number of para-hydroxylation sites is 1. The lowest BCUT2D eigenvalue weighted by Gasteiger charge is -2.18. The molecule has 1 aromatic carbocycles. The quantitative estimate of drug-likeness (QED) is 0.338. The van der Waals surface area contributed by atoms with Crippen molar-refractivity contribution in [2.24, 2.45) is 10.8 Å². The normalized spacial score (nSPS) is 12.1. The zero-order valence-corrected chi connectivity index (χ0v) is 18.5. The maximum atomic E-state index is 11.1. The number of aromatic hydroxyl groups is 1. The van der Waals surface area contributed by atoms with E-state index in [1.54, 1.807) is 27.7 Å². The fraction of sp³-hybridized carbons (Fsp3) is 0.667. The summed E-state index contributed by atoms with van der Waals surface area (Å²) in [6.45, 7) is 7.03. The van der Waals surface area contributed by atoms with E-state index in [0.717, 1.165) is 62.5 Å². The first-order valence-electron chi connectivity index (χ1n) is 10.7. The van der Waals surface area contributed by atoms with Gasteiger partial charge in [0.2, 0.25) is 0 Å². The van der Waals surface area contributed by atoms with Crippen LogP contribution in [0.5, 0.6) is 5.75 Å². The molecule has 164 valence electrons. The lowest BCUT2D eigenvalue weighted by Crippen LogP contribution is -2.23. The van der Waals surface area contributed by atoms with Gasteiger partial charge in [0, 0.05) is 0 Å². The van der Waals surface area contributed by atoms with Crippen molar-refractivity contribution in [3.63, 3.8) is 0 Å². The standard InChI is InChI=1S/C24H38O5/c1-23(2,21(26)27)16-9-5-7-12-18-14-11-15-19(20(18)25)13-8-6-10-17-24(3,4)22(28)29/h11,14-15,25H,5-10,12-13,16-17H2,1-4H3,(H,26,27)(H,28,29). The van der Waals surface area contributed by atoms with Crippen LogP contribution in [-0.4, -0.2) is 27.3 Å². The first kappa shape index (κ1) is 25.0. The topological polar surface area (TPSA) is 94.8 Å². The van der Waals surface area contributed by atoms with Gasteiger partial charge in [-0.25, -0.2) is 0 Å². The lowest BCUT2D eigenvalue weighted by atomic mass is 9.86. The largest absolute Gasteiger partial charge is 0.507 e. The zero-order valence-electron chi connectivity index (χ0n) is 18.5. The number of carbonyl (C=O) groups is 2. The minimum atomic E-state index is -0.755. The molecule has 3 N–H and O–H groups in total. The van der Waals surface area contributed by atoms with E-state index in [1.807, 2.05) is 18.2 Å². The average molecular weight is 407 g/mol. The first-order chi connectivity index (χ1) is 13.5. The summed E-state index contributed by atoms with van der Waals surface area (Å²) in [4.78, 5) is 22.3. The van der Waals surface area contributed by atoms with Crippen LogP contribution >= 0.6 is 0 Å². The summed E-state index contributed by atoms with van der Waals surface area (Å²) >= 11 is 0. The van der Waals surface area contributed by atoms with Crippen LogP contribution in [0.3, 0.4) is 0 Å². The van der Waals surface area contributed by atoms with E-state index in [1.165, 1.54) is 0 Å². The van der Waals surface area contributed by atoms with E-state index in [2.05, 4.69) is 0 Å². The number of benzene rings is 1. The molecule has 0 atom stereocenters. The summed E-state index contributed by atoms with van der Waals surface area (Å²) in [6.07, 6.45) is 8.38. The minimum Gasteiger partial charge on any atom is -0.507 e. The highest BCUT2D eigenvalue weighted by Crippen LogP contribution is 2.28. The SMILES string of the molecule is CC(C)(CCCCCc1cccc(CCCCCC(C)(C)C(=O)O)c1O)C(=O)O. The molecule has 0 heterocycles. The Morgan fingerprint density at radius 2 is 1.10 bits per heavy atom. The molecule has 5 heteroatoms. The van der Waals surface area contributed by atoms with Crippen LogP contribution in [0.15, 0.2) is 18.2 Å². The van der Waals surface area contributed by atoms with E-state index in [0.29, 0.717) is 18.6 Å². The molecule has 0 unspecified atom stereocenters. The maximum absolute atomic E-state index is 11.1. The van der Waals surface area contributed by atoms with Crippen LogP contribution in [0, 0.1) is 10.8 Å². The molecule has 0 spiro atoms. The maximum Gasteiger partial charge on any atom is 0.309 e. The number of carboxylic acid groups (broad SMARTS) is 2. The summed E-state index contributed by atoms with van der Waals surface area (Å²) < 4.78 is 0. The van der Waals surface area contributed by atoms with E-state index in [4.69, 9.17) is 10.2 Å². The third kappa shape index (κ3) is 8.46. The lowest BCUT2D eigenvalue weighted by molar-refractivity contribution is -0.148. The van der Waals surface area contributed by atoms with Gasteiger partial charge in [-0.1, -0.05) is 43.9 Å². The molecule has 1 rings (SSSR count). The monoisotopic (exact) mass is 406 g/mol. The van der Waals surface area contributed by atoms with Gasteiger partial charge in [0.1, 0.15) is 5.75 Å². The van der Waals surface area contributed by atoms with Crippen molar-refractivity contribution in [1.29, 1.82) is 0 Å². The molecule has 0 aromatic heterocycles. The second-order valence-corrected chi connectivity index (χ2v) is 9.42. The molecule has 1 aromatic rings. The molecular weight excluding hydrogens is 368 g/mol. The Labute approximate surface area is 175 Å². The number of phenolic OH excluding ortho intramolecular Hbond substituents is 1. The van der Waals surface area contributed by atoms with Crippen molar-refractivity contribution in [3.8, 4) is 5.75 Å². The van der Waals surface area contributed by atoms with Gasteiger partial charge in [0.15, 0.2) is 0 Å². The Hall–Kier alpha value is -2.04. The van der Waals surface area contributed by atoms with Gasteiger partial charge in [-0.3, -0.25) is 9.59 Å². The molecule has 0 aliphatic heterocycles. The van der Waals surface area contributed by atoms with Crippen LogP contribution in [-0.2, 0) is 22.4 Å². The molecule has 0 radical (unpaired) electrons. The minimum absolute atomic E-state index is 0.379. The van der Waals surface area contributed by atoms with Crippen LogP contribution in [0.1, 0.15) is 90.2 Å². The molecule has 0 bridgehead atoms. The van der Waals surface area contributed by atoms with E-state index in [-0.39, 0.29) is 0 Å². The summed E-state index contributed by atoms with van der Waals surface area (Å²) in [6, 6.07) is 5.89. The van der Waals surface area contributed by atoms with Crippen molar-refractivity contribution in [3.05, 3.63) is 29.3 Å². The van der Waals surface area contributed by atoms with Crippen molar-refractivity contribution in [2.45, 2.75) is 91.9 Å². The van der Waals surface area contributed by atoms with Gasteiger partial charge >= 0.3 is 11.9 Å². The van der Waals surface area contributed by atoms with Crippen molar-refractivity contribution < 1.29 is 24.9 Å².